The predicted octanol–water partition coefficient (Wildman–Crippen LogP) is 4.33. The molecule has 2 aromatic carbocycles. The van der Waals surface area contributed by atoms with Crippen LogP contribution in [-0.4, -0.2) is 44.5 Å². The second kappa shape index (κ2) is 13.7. The first kappa shape index (κ1) is 24.7. The van der Waals surface area contributed by atoms with E-state index in [2.05, 4.69) is 17.2 Å². The number of alkyl carbamates (subject to hydrolysis) is 1. The van der Waals surface area contributed by atoms with Crippen LogP contribution in [0.15, 0.2) is 54.6 Å². The van der Waals surface area contributed by atoms with E-state index in [1.807, 2.05) is 36.4 Å². The van der Waals surface area contributed by atoms with E-state index in [9.17, 15) is 14.4 Å². The number of esters is 1. The first-order chi connectivity index (χ1) is 15.5. The molecule has 32 heavy (non-hydrogen) atoms. The topological polar surface area (TPSA) is 103 Å². The van der Waals surface area contributed by atoms with Gasteiger partial charge in [-0.1, -0.05) is 55.8 Å². The third-order valence-electron chi connectivity index (χ3n) is 4.49. The lowest BCUT2D eigenvalue weighted by molar-refractivity contribution is -0.139. The number of hydrogen-bond acceptors (Lipinski definition) is 6. The van der Waals surface area contributed by atoms with Gasteiger partial charge in [0.15, 0.2) is 0 Å². The van der Waals surface area contributed by atoms with Crippen molar-refractivity contribution in [3.05, 3.63) is 54.6 Å². The number of benzene rings is 2. The number of fused-ring (bicyclic) bond motifs is 1. The van der Waals surface area contributed by atoms with Crippen LogP contribution >= 0.6 is 0 Å². The summed E-state index contributed by atoms with van der Waals surface area (Å²) in [5, 5.41) is 7.30. The Morgan fingerprint density at radius 3 is 2.16 bits per heavy atom. The third kappa shape index (κ3) is 9.07. The Bertz CT molecular complexity index is 922. The Labute approximate surface area is 187 Å². The van der Waals surface area contributed by atoms with Crippen LogP contribution < -0.4 is 15.4 Å². The summed E-state index contributed by atoms with van der Waals surface area (Å²) in [6, 6.07) is 13.3. The van der Waals surface area contributed by atoms with Gasteiger partial charge in [-0.3, -0.25) is 0 Å². The Balaban J connectivity index is 1.47. The second-order valence-corrected chi connectivity index (χ2v) is 7.19. The summed E-state index contributed by atoms with van der Waals surface area (Å²) in [7, 11) is 0. The lowest BCUT2D eigenvalue weighted by Gasteiger charge is -2.09. The summed E-state index contributed by atoms with van der Waals surface area (Å²) < 4.78 is 15.1. The molecule has 0 aliphatic carbocycles. The summed E-state index contributed by atoms with van der Waals surface area (Å²) in [4.78, 5) is 34.7. The number of amides is 2. The minimum Gasteiger partial charge on any atom is -0.459 e. The summed E-state index contributed by atoms with van der Waals surface area (Å²) in [6.07, 6.45) is 2.39. The quantitative estimate of drug-likeness (QED) is 0.288. The molecule has 0 saturated heterocycles. The summed E-state index contributed by atoms with van der Waals surface area (Å²) in [5.41, 5.74) is 0.298. The number of unbranched alkanes of at least 4 members (excludes halogenated alkanes) is 3. The van der Waals surface area contributed by atoms with E-state index in [1.165, 1.54) is 0 Å². The van der Waals surface area contributed by atoms with Gasteiger partial charge in [0.1, 0.15) is 19.0 Å². The zero-order valence-electron chi connectivity index (χ0n) is 18.4. The van der Waals surface area contributed by atoms with Crippen molar-refractivity contribution in [3.63, 3.8) is 0 Å². The third-order valence-corrected chi connectivity index (χ3v) is 4.49. The number of hydrogen-bond donors (Lipinski definition) is 2. The Kier molecular flexibility index (Phi) is 10.6. The maximum absolute atomic E-state index is 12.0. The molecule has 0 spiro atoms. The van der Waals surface area contributed by atoms with Crippen LogP contribution in [0.3, 0.4) is 0 Å². The predicted molar refractivity (Wildman–Crippen MR) is 122 cm³/mol. The molecule has 0 bridgehead atoms. The van der Waals surface area contributed by atoms with Crippen molar-refractivity contribution in [1.82, 2.24) is 10.6 Å². The van der Waals surface area contributed by atoms with Gasteiger partial charge in [-0.15, -0.1) is 0 Å². The molecule has 0 unspecified atom stereocenters. The van der Waals surface area contributed by atoms with Crippen molar-refractivity contribution in [2.24, 2.45) is 0 Å². The van der Waals surface area contributed by atoms with Crippen molar-refractivity contribution in [2.75, 3.05) is 26.3 Å². The van der Waals surface area contributed by atoms with E-state index >= 15 is 0 Å². The number of carbonyl (C=O) groups excluding carboxylic acids is 3. The molecule has 2 aromatic rings. The Morgan fingerprint density at radius 1 is 0.812 bits per heavy atom. The van der Waals surface area contributed by atoms with Crippen LogP contribution in [0.1, 0.15) is 32.6 Å². The number of nitrogens with one attached hydrogen (secondary N) is 2. The molecule has 0 atom stereocenters. The van der Waals surface area contributed by atoms with Crippen molar-refractivity contribution < 1.29 is 28.6 Å². The van der Waals surface area contributed by atoms with Gasteiger partial charge in [0.05, 0.1) is 0 Å². The largest absolute Gasteiger partial charge is 0.459 e. The van der Waals surface area contributed by atoms with Crippen LogP contribution in [-0.2, 0) is 14.3 Å². The molecule has 0 aliphatic heterocycles. The molecule has 2 N–H and O–H groups in total. The van der Waals surface area contributed by atoms with Gasteiger partial charge < -0.3 is 24.8 Å². The maximum atomic E-state index is 12.0. The summed E-state index contributed by atoms with van der Waals surface area (Å²) in [6.45, 7) is 5.99. The van der Waals surface area contributed by atoms with E-state index in [0.29, 0.717) is 24.4 Å². The fourth-order valence-electron chi connectivity index (χ4n) is 2.85. The second-order valence-electron chi connectivity index (χ2n) is 7.19. The molecule has 8 nitrogen and oxygen atoms in total. The fourth-order valence-corrected chi connectivity index (χ4v) is 2.85. The summed E-state index contributed by atoms with van der Waals surface area (Å²) in [5.74, 6) is 0.0258. The molecule has 0 radical (unpaired) electrons. The normalized spacial score (nSPS) is 10.3. The molecule has 2 amide bonds. The van der Waals surface area contributed by atoms with Crippen LogP contribution in [0.5, 0.6) is 5.75 Å². The van der Waals surface area contributed by atoms with Gasteiger partial charge in [-0.25, -0.2) is 14.4 Å². The lowest BCUT2D eigenvalue weighted by atomic mass is 10.1. The molecule has 0 fully saturated rings. The minimum absolute atomic E-state index is 0.00492. The van der Waals surface area contributed by atoms with Crippen LogP contribution in [0.4, 0.5) is 9.59 Å². The summed E-state index contributed by atoms with van der Waals surface area (Å²) >= 11 is 0. The highest BCUT2D eigenvalue weighted by atomic mass is 16.6. The van der Waals surface area contributed by atoms with Crippen molar-refractivity contribution >= 4 is 28.9 Å². The molecule has 0 aliphatic rings. The Morgan fingerprint density at radius 2 is 1.44 bits per heavy atom. The smallest absolute Gasteiger partial charge is 0.412 e. The van der Waals surface area contributed by atoms with E-state index in [1.54, 1.807) is 13.0 Å². The highest BCUT2D eigenvalue weighted by Crippen LogP contribution is 2.25. The van der Waals surface area contributed by atoms with Gasteiger partial charge in [-0.05, 0) is 31.2 Å². The zero-order valence-corrected chi connectivity index (χ0v) is 18.4. The van der Waals surface area contributed by atoms with Crippen LogP contribution in [0, 0.1) is 0 Å². The molecule has 8 heteroatoms. The number of carbonyl (C=O) groups is 3. The maximum Gasteiger partial charge on any atom is 0.412 e. The SMILES string of the molecule is C=C(C)C(=O)OCCOC(=O)NCCCCCCNC(=O)Oc1cccc2ccccc12. The average Bonchev–Trinajstić information content (AvgIpc) is 2.78. The van der Waals surface area contributed by atoms with E-state index in [4.69, 9.17) is 14.2 Å². The van der Waals surface area contributed by atoms with Gasteiger partial charge in [0, 0.05) is 24.0 Å². The standard InChI is InChI=1S/C24H30N2O6/c1-18(2)22(27)30-16-17-31-23(28)25-14-7-3-4-8-15-26-24(29)32-21-13-9-11-19-10-5-6-12-20(19)21/h5-6,9-13H,1,3-4,7-8,14-17H2,2H3,(H,25,28)(H,26,29). The van der Waals surface area contributed by atoms with Gasteiger partial charge in [0.25, 0.3) is 0 Å². The van der Waals surface area contributed by atoms with Crippen molar-refractivity contribution in [2.45, 2.75) is 32.6 Å². The Hall–Kier alpha value is -3.55. The molecule has 172 valence electrons. The average molecular weight is 443 g/mol. The first-order valence-electron chi connectivity index (χ1n) is 10.6. The van der Waals surface area contributed by atoms with E-state index < -0.39 is 18.2 Å². The molecule has 0 saturated carbocycles. The van der Waals surface area contributed by atoms with Gasteiger partial charge in [0.2, 0.25) is 0 Å². The van der Waals surface area contributed by atoms with Crippen LogP contribution in [0.2, 0.25) is 0 Å². The molecule has 0 aromatic heterocycles. The lowest BCUT2D eigenvalue weighted by Crippen LogP contribution is -2.28. The minimum atomic E-state index is -0.547. The first-order valence-corrected chi connectivity index (χ1v) is 10.6. The van der Waals surface area contributed by atoms with Crippen LogP contribution in [0.25, 0.3) is 10.8 Å². The molecule has 0 heterocycles. The van der Waals surface area contributed by atoms with E-state index in [-0.39, 0.29) is 13.2 Å². The van der Waals surface area contributed by atoms with Gasteiger partial charge in [-0.2, -0.15) is 0 Å². The van der Waals surface area contributed by atoms with E-state index in [0.717, 1.165) is 36.5 Å². The molecular weight excluding hydrogens is 412 g/mol. The number of rotatable bonds is 12. The monoisotopic (exact) mass is 442 g/mol. The number of ether oxygens (including phenoxy) is 3. The van der Waals surface area contributed by atoms with Crippen molar-refractivity contribution in [1.29, 1.82) is 0 Å². The highest BCUT2D eigenvalue weighted by Gasteiger charge is 2.07. The zero-order chi connectivity index (χ0) is 23.2. The van der Waals surface area contributed by atoms with Crippen molar-refractivity contribution in [3.8, 4) is 5.75 Å². The fraction of sp³-hybridized carbons (Fsp3) is 0.375. The highest BCUT2D eigenvalue weighted by molar-refractivity contribution is 5.90. The van der Waals surface area contributed by atoms with Gasteiger partial charge >= 0.3 is 18.2 Å². The molecule has 2 rings (SSSR count). The molecular formula is C24H30N2O6.